The molecular weight excluding hydrogens is 348 g/mol. The third-order valence-corrected chi connectivity index (χ3v) is 4.20. The van der Waals surface area contributed by atoms with Crippen LogP contribution >= 0.6 is 0 Å². The van der Waals surface area contributed by atoms with E-state index in [2.05, 4.69) is 15.3 Å². The van der Waals surface area contributed by atoms with E-state index < -0.39 is 18.2 Å². The molecule has 0 spiro atoms. The number of pyridine rings is 1. The maximum Gasteiger partial charge on any atom is 0.344 e. The molecule has 0 bridgehead atoms. The Morgan fingerprint density at radius 2 is 2.19 bits per heavy atom. The molecule has 0 aliphatic carbocycles. The minimum atomic E-state index is -1.03. The van der Waals surface area contributed by atoms with Crippen LogP contribution in [0.25, 0.3) is 11.0 Å². The normalized spacial score (nSPS) is 13.4. The minimum absolute atomic E-state index is 0.419. The van der Waals surface area contributed by atoms with Crippen LogP contribution in [0.3, 0.4) is 0 Å². The zero-order chi connectivity index (χ0) is 19.2. The van der Waals surface area contributed by atoms with Crippen molar-refractivity contribution < 1.29 is 19.7 Å². The Morgan fingerprint density at radius 3 is 2.93 bits per heavy atom. The summed E-state index contributed by atoms with van der Waals surface area (Å²) >= 11 is 0. The number of nitrogens with zero attached hydrogens (tertiary/aromatic N) is 3. The lowest BCUT2D eigenvalue weighted by Gasteiger charge is -2.13. The van der Waals surface area contributed by atoms with Gasteiger partial charge in [-0.1, -0.05) is 12.1 Å². The molecule has 0 saturated heterocycles. The van der Waals surface area contributed by atoms with Gasteiger partial charge in [0, 0.05) is 37.6 Å². The highest BCUT2D eigenvalue weighted by molar-refractivity contribution is 5.82. The number of hydrogen-bond donors (Lipinski definition) is 3. The predicted octanol–water partition coefficient (Wildman–Crippen LogP) is 1.61. The van der Waals surface area contributed by atoms with Gasteiger partial charge in [-0.2, -0.15) is 0 Å². The second kappa shape index (κ2) is 8.61. The van der Waals surface area contributed by atoms with Crippen molar-refractivity contribution in [2.45, 2.75) is 25.7 Å². The molecule has 0 saturated carbocycles. The van der Waals surface area contributed by atoms with Crippen molar-refractivity contribution in [1.82, 2.24) is 19.9 Å². The summed E-state index contributed by atoms with van der Waals surface area (Å²) in [6.07, 6.45) is 3.45. The number of nitrogens with one attached hydrogen (secondary N) is 1. The molecule has 0 aliphatic heterocycles. The van der Waals surface area contributed by atoms with Crippen LogP contribution in [-0.4, -0.2) is 49.9 Å². The number of fused-ring (bicyclic) bond motifs is 1. The van der Waals surface area contributed by atoms with Gasteiger partial charge in [0.2, 0.25) is 0 Å². The summed E-state index contributed by atoms with van der Waals surface area (Å²) in [5, 5.41) is 22.3. The molecule has 2 aromatic heterocycles. The van der Waals surface area contributed by atoms with E-state index in [-0.39, 0.29) is 0 Å². The van der Waals surface area contributed by atoms with E-state index in [4.69, 9.17) is 9.84 Å². The Balaban J connectivity index is 1.59. The first-order valence-electron chi connectivity index (χ1n) is 8.68. The summed E-state index contributed by atoms with van der Waals surface area (Å²) in [7, 11) is 0. The first-order valence-corrected chi connectivity index (χ1v) is 8.68. The molecule has 27 heavy (non-hydrogen) atoms. The number of rotatable bonds is 9. The lowest BCUT2D eigenvalue weighted by Crippen LogP contribution is -2.25. The summed E-state index contributed by atoms with van der Waals surface area (Å²) in [4.78, 5) is 19.3. The van der Waals surface area contributed by atoms with Crippen LogP contribution in [0.4, 0.5) is 0 Å². The Morgan fingerprint density at radius 1 is 1.33 bits per heavy atom. The molecule has 142 valence electrons. The molecule has 0 fully saturated rings. The van der Waals surface area contributed by atoms with Gasteiger partial charge in [0.1, 0.15) is 11.3 Å². The topological polar surface area (TPSA) is 110 Å². The number of para-hydroxylation sites is 1. The summed E-state index contributed by atoms with van der Waals surface area (Å²) in [6.45, 7) is 3.19. The van der Waals surface area contributed by atoms with Gasteiger partial charge >= 0.3 is 5.97 Å². The Bertz CT molecular complexity index is 897. The molecule has 8 nitrogen and oxygen atoms in total. The van der Waals surface area contributed by atoms with E-state index in [9.17, 15) is 9.90 Å². The van der Waals surface area contributed by atoms with E-state index >= 15 is 0 Å². The zero-order valence-electron chi connectivity index (χ0n) is 14.9. The molecule has 3 aromatic rings. The molecule has 0 unspecified atom stereocenters. The predicted molar refractivity (Wildman–Crippen MR) is 99.5 cm³/mol. The van der Waals surface area contributed by atoms with Gasteiger partial charge in [-0.3, -0.25) is 4.98 Å². The van der Waals surface area contributed by atoms with Gasteiger partial charge in [0.15, 0.2) is 6.10 Å². The van der Waals surface area contributed by atoms with E-state index in [1.807, 2.05) is 22.8 Å². The SMILES string of the molecule is C[C@H](Oc1cccc2c1ncn2CCNC[C@H](O)c1cccnc1)C(=O)O. The maximum absolute atomic E-state index is 11.0. The van der Waals surface area contributed by atoms with Crippen molar-refractivity contribution in [3.63, 3.8) is 0 Å². The van der Waals surface area contributed by atoms with Crippen LogP contribution in [0.15, 0.2) is 49.1 Å². The van der Waals surface area contributed by atoms with Crippen molar-refractivity contribution in [3.05, 3.63) is 54.6 Å². The molecule has 2 atom stereocenters. The number of carboxylic acids is 1. The van der Waals surface area contributed by atoms with Gasteiger partial charge in [-0.15, -0.1) is 0 Å². The van der Waals surface area contributed by atoms with Crippen LogP contribution in [0.2, 0.25) is 0 Å². The standard InChI is InChI=1S/C19H22N4O4/c1-13(19(25)26)27-17-6-2-5-15-18(17)22-12-23(15)9-8-21-11-16(24)14-4-3-7-20-10-14/h2-7,10,12-13,16,21,24H,8-9,11H2,1H3,(H,25,26)/t13-,16-/m0/s1. The molecule has 1 aromatic carbocycles. The monoisotopic (exact) mass is 370 g/mol. The number of aliphatic hydroxyl groups excluding tert-OH is 1. The molecule has 3 N–H and O–H groups in total. The van der Waals surface area contributed by atoms with Crippen molar-refractivity contribution in [2.24, 2.45) is 0 Å². The largest absolute Gasteiger partial charge is 0.479 e. The van der Waals surface area contributed by atoms with Crippen LogP contribution in [0.1, 0.15) is 18.6 Å². The Labute approximate surface area is 156 Å². The second-order valence-electron chi connectivity index (χ2n) is 6.17. The number of hydrogen-bond acceptors (Lipinski definition) is 6. The summed E-state index contributed by atoms with van der Waals surface area (Å²) in [5.41, 5.74) is 2.26. The Kier molecular flexibility index (Phi) is 6.00. The highest BCUT2D eigenvalue weighted by Crippen LogP contribution is 2.25. The fraction of sp³-hybridized carbons (Fsp3) is 0.316. The van der Waals surface area contributed by atoms with E-state index in [0.717, 1.165) is 11.1 Å². The zero-order valence-corrected chi connectivity index (χ0v) is 14.9. The first kappa shape index (κ1) is 18.8. The molecular formula is C19H22N4O4. The second-order valence-corrected chi connectivity index (χ2v) is 6.17. The van der Waals surface area contributed by atoms with Crippen LogP contribution in [0, 0.1) is 0 Å². The third-order valence-electron chi connectivity index (χ3n) is 4.20. The van der Waals surface area contributed by atoms with Gasteiger partial charge in [0.05, 0.1) is 17.9 Å². The maximum atomic E-state index is 11.0. The number of ether oxygens (including phenoxy) is 1. The molecule has 0 aliphatic rings. The molecule has 0 radical (unpaired) electrons. The quantitative estimate of drug-likeness (QED) is 0.491. The van der Waals surface area contributed by atoms with Crippen molar-refractivity contribution in [1.29, 1.82) is 0 Å². The number of carbonyl (C=O) groups is 1. The fourth-order valence-corrected chi connectivity index (χ4v) is 2.71. The average molecular weight is 370 g/mol. The summed E-state index contributed by atoms with van der Waals surface area (Å²) in [5.74, 6) is -0.580. The van der Waals surface area contributed by atoms with Gasteiger partial charge in [-0.05, 0) is 25.1 Å². The van der Waals surface area contributed by atoms with Crippen LogP contribution < -0.4 is 10.1 Å². The molecule has 0 amide bonds. The van der Waals surface area contributed by atoms with Gasteiger partial charge in [-0.25, -0.2) is 9.78 Å². The number of carboxylic acid groups (broad SMARTS) is 1. The summed E-state index contributed by atoms with van der Waals surface area (Å²) < 4.78 is 7.43. The smallest absolute Gasteiger partial charge is 0.344 e. The minimum Gasteiger partial charge on any atom is -0.479 e. The van der Waals surface area contributed by atoms with Gasteiger partial charge < -0.3 is 24.8 Å². The van der Waals surface area contributed by atoms with Crippen molar-refractivity contribution in [3.8, 4) is 5.75 Å². The molecule has 8 heteroatoms. The lowest BCUT2D eigenvalue weighted by atomic mass is 10.1. The molecule has 2 heterocycles. The van der Waals surface area contributed by atoms with Crippen molar-refractivity contribution >= 4 is 17.0 Å². The Hall–Kier alpha value is -2.97. The number of imidazole rings is 1. The fourth-order valence-electron chi connectivity index (χ4n) is 2.71. The van der Waals surface area contributed by atoms with E-state index in [1.54, 1.807) is 30.9 Å². The average Bonchev–Trinajstić information content (AvgIpc) is 3.10. The van der Waals surface area contributed by atoms with Crippen molar-refractivity contribution in [2.75, 3.05) is 13.1 Å². The number of aromatic nitrogens is 3. The van der Waals surface area contributed by atoms with Gasteiger partial charge in [0.25, 0.3) is 0 Å². The molecule has 3 rings (SSSR count). The lowest BCUT2D eigenvalue weighted by molar-refractivity contribution is -0.144. The number of benzene rings is 1. The third kappa shape index (κ3) is 4.60. The first-order chi connectivity index (χ1) is 13.1. The van der Waals surface area contributed by atoms with E-state index in [1.165, 1.54) is 6.92 Å². The van der Waals surface area contributed by atoms with E-state index in [0.29, 0.717) is 30.9 Å². The number of aliphatic hydroxyl groups is 1. The number of aliphatic carboxylic acids is 1. The van der Waals surface area contributed by atoms with Crippen LogP contribution in [-0.2, 0) is 11.3 Å². The summed E-state index contributed by atoms with van der Waals surface area (Å²) in [6, 6.07) is 9.06. The van der Waals surface area contributed by atoms with Crippen LogP contribution in [0.5, 0.6) is 5.75 Å². The highest BCUT2D eigenvalue weighted by atomic mass is 16.5. The highest BCUT2D eigenvalue weighted by Gasteiger charge is 2.16.